The molecule has 180 valence electrons. The summed E-state index contributed by atoms with van der Waals surface area (Å²) >= 11 is 0. The number of rotatable bonds is 6. The lowest BCUT2D eigenvalue weighted by Crippen LogP contribution is -2.48. The molecule has 0 saturated carbocycles. The van der Waals surface area contributed by atoms with Crippen molar-refractivity contribution in [2.75, 3.05) is 0 Å². The lowest BCUT2D eigenvalue weighted by atomic mass is 9.99. The van der Waals surface area contributed by atoms with Crippen molar-refractivity contribution in [3.05, 3.63) is 64.8 Å². The third-order valence-electron chi connectivity index (χ3n) is 5.26. The molecule has 2 atom stereocenters. The van der Waals surface area contributed by atoms with E-state index in [1.807, 2.05) is 13.8 Å². The maximum atomic E-state index is 13.2. The van der Waals surface area contributed by atoms with E-state index in [9.17, 15) is 18.8 Å². The van der Waals surface area contributed by atoms with Crippen molar-refractivity contribution in [3.63, 3.8) is 0 Å². The molecule has 1 amide bonds. The van der Waals surface area contributed by atoms with Crippen LogP contribution in [0.3, 0.4) is 0 Å². The zero-order chi connectivity index (χ0) is 25.0. The van der Waals surface area contributed by atoms with Crippen LogP contribution in [0, 0.1) is 11.7 Å². The number of carbonyl (C=O) groups excluding carboxylic acids is 2. The number of nitrogens with one attached hydrogen (secondary N) is 1. The van der Waals surface area contributed by atoms with Gasteiger partial charge in [-0.05, 0) is 56.5 Å². The van der Waals surface area contributed by atoms with Crippen molar-refractivity contribution in [1.82, 2.24) is 5.32 Å². The average molecular weight is 470 g/mol. The Balaban J connectivity index is 1.83. The lowest BCUT2D eigenvalue weighted by Gasteiger charge is -2.25. The summed E-state index contributed by atoms with van der Waals surface area (Å²) in [5.41, 5.74) is 0.0281. The normalized spacial score (nSPS) is 13.2. The van der Waals surface area contributed by atoms with Gasteiger partial charge in [0.2, 0.25) is 0 Å². The molecule has 0 radical (unpaired) electrons. The van der Waals surface area contributed by atoms with Crippen LogP contribution in [0.1, 0.15) is 41.0 Å². The molecule has 2 aromatic carbocycles. The number of carbonyl (C=O) groups is 2. The molecule has 0 aliphatic rings. The van der Waals surface area contributed by atoms with E-state index < -0.39 is 29.5 Å². The zero-order valence-electron chi connectivity index (χ0n) is 19.8. The molecule has 0 aliphatic heterocycles. The number of benzene rings is 2. The molecule has 1 N–H and O–H groups in total. The Kier molecular flexibility index (Phi) is 7.39. The second-order valence-electron chi connectivity index (χ2n) is 9.07. The van der Waals surface area contributed by atoms with Gasteiger partial charge in [-0.25, -0.2) is 14.0 Å². The highest BCUT2D eigenvalue weighted by molar-refractivity contribution is 5.86. The Morgan fingerprint density at radius 3 is 2.41 bits per heavy atom. The third-order valence-corrected chi connectivity index (χ3v) is 5.26. The van der Waals surface area contributed by atoms with E-state index in [1.165, 1.54) is 48.7 Å². The molecule has 0 aliphatic carbocycles. The average Bonchev–Trinajstić information content (AvgIpc) is 2.76. The van der Waals surface area contributed by atoms with Gasteiger partial charge in [0.05, 0.1) is 10.9 Å². The number of esters is 1. The first-order chi connectivity index (χ1) is 16.0. The van der Waals surface area contributed by atoms with Crippen molar-refractivity contribution in [1.29, 1.82) is 0 Å². The number of fused-ring (bicyclic) bond motifs is 1. The van der Waals surface area contributed by atoms with Crippen molar-refractivity contribution in [2.45, 2.75) is 52.7 Å². The molecule has 3 aromatic rings. The molecule has 0 unspecified atom stereocenters. The SMILES string of the molecule is CC[C@H](C)[C@@H](NC(=O)OC(C)(C)C)C(=O)Oc1ccc2c(=O)c(-c3ccc(F)cc3)coc2c1. The van der Waals surface area contributed by atoms with Crippen LogP contribution in [0.25, 0.3) is 22.1 Å². The van der Waals surface area contributed by atoms with Crippen LogP contribution in [0.5, 0.6) is 5.75 Å². The van der Waals surface area contributed by atoms with Crippen LogP contribution >= 0.6 is 0 Å². The Morgan fingerprint density at radius 2 is 1.79 bits per heavy atom. The van der Waals surface area contributed by atoms with Crippen molar-refractivity contribution in [3.8, 4) is 16.9 Å². The Morgan fingerprint density at radius 1 is 1.12 bits per heavy atom. The smallest absolute Gasteiger partial charge is 0.408 e. The van der Waals surface area contributed by atoms with Crippen LogP contribution in [-0.2, 0) is 9.53 Å². The Bertz CT molecular complexity index is 1240. The number of amides is 1. The van der Waals surface area contributed by atoms with E-state index in [2.05, 4.69) is 5.32 Å². The molecular formula is C26H28FNO6. The van der Waals surface area contributed by atoms with Gasteiger partial charge in [-0.3, -0.25) is 4.79 Å². The lowest BCUT2D eigenvalue weighted by molar-refractivity contribution is -0.138. The number of halogens is 1. The molecule has 3 rings (SSSR count). The van der Waals surface area contributed by atoms with Gasteiger partial charge in [0, 0.05) is 6.07 Å². The van der Waals surface area contributed by atoms with Gasteiger partial charge >= 0.3 is 12.1 Å². The van der Waals surface area contributed by atoms with Gasteiger partial charge in [-0.2, -0.15) is 0 Å². The fraction of sp³-hybridized carbons (Fsp3) is 0.346. The van der Waals surface area contributed by atoms with E-state index >= 15 is 0 Å². The van der Waals surface area contributed by atoms with Crippen LogP contribution < -0.4 is 15.5 Å². The number of ether oxygens (including phenoxy) is 2. The fourth-order valence-electron chi connectivity index (χ4n) is 3.28. The summed E-state index contributed by atoms with van der Waals surface area (Å²) in [6.07, 6.45) is 1.19. The van der Waals surface area contributed by atoms with Crippen LogP contribution in [0.2, 0.25) is 0 Å². The van der Waals surface area contributed by atoms with E-state index in [-0.39, 0.29) is 33.6 Å². The maximum absolute atomic E-state index is 13.2. The molecule has 1 aromatic heterocycles. The Hall–Kier alpha value is -3.68. The zero-order valence-corrected chi connectivity index (χ0v) is 19.8. The van der Waals surface area contributed by atoms with Gasteiger partial charge in [0.1, 0.15) is 35.1 Å². The number of alkyl carbamates (subject to hydrolysis) is 1. The van der Waals surface area contributed by atoms with Crippen LogP contribution in [-0.4, -0.2) is 23.7 Å². The molecular weight excluding hydrogens is 441 g/mol. The molecule has 0 saturated heterocycles. The van der Waals surface area contributed by atoms with Crippen LogP contribution in [0.4, 0.5) is 9.18 Å². The quantitative estimate of drug-likeness (QED) is 0.381. The summed E-state index contributed by atoms with van der Waals surface area (Å²) in [5.74, 6) is -1.12. The summed E-state index contributed by atoms with van der Waals surface area (Å²) in [5, 5.41) is 2.87. The minimum Gasteiger partial charge on any atom is -0.463 e. The third kappa shape index (κ3) is 6.01. The highest BCUT2D eigenvalue weighted by Gasteiger charge is 2.30. The van der Waals surface area contributed by atoms with Gasteiger partial charge in [0.25, 0.3) is 0 Å². The summed E-state index contributed by atoms with van der Waals surface area (Å²) in [7, 11) is 0. The van der Waals surface area contributed by atoms with E-state index in [0.29, 0.717) is 12.0 Å². The molecule has 0 bridgehead atoms. The largest absolute Gasteiger partial charge is 0.463 e. The highest BCUT2D eigenvalue weighted by atomic mass is 19.1. The second-order valence-corrected chi connectivity index (χ2v) is 9.07. The predicted molar refractivity (Wildman–Crippen MR) is 126 cm³/mol. The highest BCUT2D eigenvalue weighted by Crippen LogP contribution is 2.24. The second kappa shape index (κ2) is 10.1. The number of hydrogen-bond donors (Lipinski definition) is 1. The molecule has 0 spiro atoms. The minimum atomic E-state index is -0.927. The first-order valence-electron chi connectivity index (χ1n) is 11.0. The van der Waals surface area contributed by atoms with Gasteiger partial charge in [0.15, 0.2) is 5.43 Å². The topological polar surface area (TPSA) is 94.8 Å². The molecule has 7 nitrogen and oxygen atoms in total. The van der Waals surface area contributed by atoms with Crippen molar-refractivity contribution in [2.24, 2.45) is 5.92 Å². The number of hydrogen-bond acceptors (Lipinski definition) is 6. The van der Waals surface area contributed by atoms with Crippen molar-refractivity contribution < 1.29 is 27.9 Å². The minimum absolute atomic E-state index is 0.162. The van der Waals surface area contributed by atoms with Gasteiger partial charge in [-0.1, -0.05) is 32.4 Å². The first-order valence-corrected chi connectivity index (χ1v) is 11.0. The maximum Gasteiger partial charge on any atom is 0.408 e. The standard InChI is InChI=1S/C26H28FNO6/c1-6-15(2)22(28-25(31)34-26(3,4)5)24(30)33-18-11-12-19-21(13-18)32-14-20(23(19)29)16-7-9-17(27)10-8-16/h7-15,22H,6H2,1-5H3,(H,28,31)/t15-,22+/m0/s1. The van der Waals surface area contributed by atoms with Crippen LogP contribution in [0.15, 0.2) is 57.9 Å². The summed E-state index contributed by atoms with van der Waals surface area (Å²) in [4.78, 5) is 38.0. The Labute approximate surface area is 196 Å². The molecule has 0 fully saturated rings. The monoisotopic (exact) mass is 469 g/mol. The first kappa shape index (κ1) is 25.0. The molecule has 34 heavy (non-hydrogen) atoms. The predicted octanol–water partition coefficient (Wildman–Crippen LogP) is 5.44. The summed E-state index contributed by atoms with van der Waals surface area (Å²) < 4.78 is 29.6. The summed E-state index contributed by atoms with van der Waals surface area (Å²) in [6, 6.07) is 9.00. The van der Waals surface area contributed by atoms with Gasteiger partial charge < -0.3 is 19.2 Å². The van der Waals surface area contributed by atoms with Gasteiger partial charge in [-0.15, -0.1) is 0 Å². The van der Waals surface area contributed by atoms with E-state index in [1.54, 1.807) is 20.8 Å². The van der Waals surface area contributed by atoms with E-state index in [0.717, 1.165) is 0 Å². The summed E-state index contributed by atoms with van der Waals surface area (Å²) in [6.45, 7) is 8.90. The fourth-order valence-corrected chi connectivity index (χ4v) is 3.28. The molecule has 1 heterocycles. The van der Waals surface area contributed by atoms with Crippen molar-refractivity contribution >= 4 is 23.0 Å². The van der Waals surface area contributed by atoms with E-state index in [4.69, 9.17) is 13.9 Å². The molecule has 8 heteroatoms.